The molecule has 0 heterocycles. The van der Waals surface area contributed by atoms with Gasteiger partial charge in [-0.2, -0.15) is 0 Å². The number of hydrogen-bond donors (Lipinski definition) is 0. The van der Waals surface area contributed by atoms with Gasteiger partial charge in [0.15, 0.2) is 0 Å². The highest BCUT2D eigenvalue weighted by molar-refractivity contribution is 5.40. The van der Waals surface area contributed by atoms with Crippen LogP contribution in [0.3, 0.4) is 0 Å². The molecule has 1 aliphatic rings. The van der Waals surface area contributed by atoms with Crippen LogP contribution in [0.5, 0.6) is 0 Å². The van der Waals surface area contributed by atoms with E-state index in [0.717, 1.165) is 25.0 Å². The van der Waals surface area contributed by atoms with Crippen molar-refractivity contribution in [1.82, 2.24) is 0 Å². The molecule has 0 amide bonds. The second-order valence-corrected chi connectivity index (χ2v) is 2.62. The first-order valence-electron chi connectivity index (χ1n) is 3.63. The van der Waals surface area contributed by atoms with Crippen LogP contribution in [0.15, 0.2) is 11.3 Å². The zero-order valence-corrected chi connectivity index (χ0v) is 6.22. The number of hydrogen-bond acceptors (Lipinski definition) is 2. The SMILES string of the molecule is CC1=C(OC=O)CCCC1. The third kappa shape index (κ3) is 1.59. The van der Waals surface area contributed by atoms with Crippen molar-refractivity contribution in [3.05, 3.63) is 11.3 Å². The molecule has 1 rings (SSSR count). The quantitative estimate of drug-likeness (QED) is 0.548. The van der Waals surface area contributed by atoms with E-state index < -0.39 is 0 Å². The fourth-order valence-electron chi connectivity index (χ4n) is 1.25. The maximum absolute atomic E-state index is 9.96. The first-order valence-corrected chi connectivity index (χ1v) is 3.63. The number of carbonyl (C=O) groups excluding carboxylic acids is 1. The van der Waals surface area contributed by atoms with Crippen molar-refractivity contribution in [3.8, 4) is 0 Å². The molecule has 0 spiro atoms. The zero-order chi connectivity index (χ0) is 7.40. The van der Waals surface area contributed by atoms with Crippen molar-refractivity contribution in [2.75, 3.05) is 0 Å². The van der Waals surface area contributed by atoms with E-state index >= 15 is 0 Å². The molecule has 0 aromatic heterocycles. The fraction of sp³-hybridized carbons (Fsp3) is 0.625. The summed E-state index contributed by atoms with van der Waals surface area (Å²) in [6.07, 6.45) is 4.41. The molecule has 0 N–H and O–H groups in total. The van der Waals surface area contributed by atoms with Gasteiger partial charge < -0.3 is 4.74 Å². The summed E-state index contributed by atoms with van der Waals surface area (Å²) in [7, 11) is 0. The third-order valence-electron chi connectivity index (χ3n) is 1.87. The van der Waals surface area contributed by atoms with Crippen molar-refractivity contribution >= 4 is 6.47 Å². The standard InChI is InChI=1S/C8H12O2/c1-7-4-2-3-5-8(7)10-6-9/h6H,2-5H2,1H3. The molecule has 56 valence electrons. The molecule has 0 bridgehead atoms. The zero-order valence-electron chi connectivity index (χ0n) is 6.22. The number of allylic oxidation sites excluding steroid dienone is 2. The first kappa shape index (κ1) is 7.32. The molecule has 0 radical (unpaired) electrons. The lowest BCUT2D eigenvalue weighted by Crippen LogP contribution is -2.00. The van der Waals surface area contributed by atoms with E-state index in [4.69, 9.17) is 4.74 Å². The van der Waals surface area contributed by atoms with Crippen molar-refractivity contribution in [2.24, 2.45) is 0 Å². The van der Waals surface area contributed by atoms with Crippen LogP contribution >= 0.6 is 0 Å². The Hall–Kier alpha value is -0.790. The Bertz CT molecular complexity index is 159. The molecule has 10 heavy (non-hydrogen) atoms. The number of carbonyl (C=O) groups is 1. The largest absolute Gasteiger partial charge is 0.433 e. The Balaban J connectivity index is 2.58. The van der Waals surface area contributed by atoms with Gasteiger partial charge in [-0.05, 0) is 31.8 Å². The van der Waals surface area contributed by atoms with Crippen molar-refractivity contribution < 1.29 is 9.53 Å². The van der Waals surface area contributed by atoms with Crippen molar-refractivity contribution in [1.29, 1.82) is 0 Å². The van der Waals surface area contributed by atoms with Gasteiger partial charge in [-0.15, -0.1) is 0 Å². The number of rotatable bonds is 2. The van der Waals surface area contributed by atoms with E-state index in [0.29, 0.717) is 6.47 Å². The topological polar surface area (TPSA) is 26.3 Å². The van der Waals surface area contributed by atoms with Crippen LogP contribution in [-0.4, -0.2) is 6.47 Å². The second-order valence-electron chi connectivity index (χ2n) is 2.62. The average Bonchev–Trinajstić information content (AvgIpc) is 1.94. The van der Waals surface area contributed by atoms with Gasteiger partial charge >= 0.3 is 0 Å². The van der Waals surface area contributed by atoms with E-state index in [1.807, 2.05) is 6.92 Å². The Kier molecular flexibility index (Phi) is 2.49. The lowest BCUT2D eigenvalue weighted by Gasteiger charge is -2.14. The minimum atomic E-state index is 0.518. The van der Waals surface area contributed by atoms with Crippen molar-refractivity contribution in [3.63, 3.8) is 0 Å². The molecule has 0 aromatic rings. The predicted molar refractivity (Wildman–Crippen MR) is 38.3 cm³/mol. The Morgan fingerprint density at radius 2 is 2.10 bits per heavy atom. The first-order chi connectivity index (χ1) is 4.84. The summed E-state index contributed by atoms with van der Waals surface area (Å²) >= 11 is 0. The van der Waals surface area contributed by atoms with E-state index in [1.165, 1.54) is 12.0 Å². The molecule has 0 saturated carbocycles. The molecule has 0 aromatic carbocycles. The Labute approximate surface area is 60.9 Å². The predicted octanol–water partition coefficient (Wildman–Crippen LogP) is 2.01. The average molecular weight is 140 g/mol. The Morgan fingerprint density at radius 3 is 2.70 bits per heavy atom. The summed E-state index contributed by atoms with van der Waals surface area (Å²) in [6, 6.07) is 0. The van der Waals surface area contributed by atoms with Crippen LogP contribution in [0, 0.1) is 0 Å². The Morgan fingerprint density at radius 1 is 1.40 bits per heavy atom. The van der Waals surface area contributed by atoms with Gasteiger partial charge in [-0.3, -0.25) is 4.79 Å². The van der Waals surface area contributed by atoms with Crippen LogP contribution in [0.25, 0.3) is 0 Å². The van der Waals surface area contributed by atoms with Crippen LogP contribution < -0.4 is 0 Å². The highest BCUT2D eigenvalue weighted by Crippen LogP contribution is 2.23. The second kappa shape index (κ2) is 3.40. The molecule has 2 heteroatoms. The lowest BCUT2D eigenvalue weighted by atomic mass is 9.99. The molecule has 1 aliphatic carbocycles. The van der Waals surface area contributed by atoms with E-state index in [-0.39, 0.29) is 0 Å². The molecule has 0 unspecified atom stereocenters. The van der Waals surface area contributed by atoms with Crippen LogP contribution in [-0.2, 0) is 9.53 Å². The van der Waals surface area contributed by atoms with Gasteiger partial charge in [0.25, 0.3) is 6.47 Å². The monoisotopic (exact) mass is 140 g/mol. The fourth-order valence-corrected chi connectivity index (χ4v) is 1.25. The summed E-state index contributed by atoms with van der Waals surface area (Å²) in [4.78, 5) is 9.96. The number of ether oxygens (including phenoxy) is 1. The van der Waals surface area contributed by atoms with Gasteiger partial charge in [0, 0.05) is 6.42 Å². The van der Waals surface area contributed by atoms with Crippen LogP contribution in [0.1, 0.15) is 32.6 Å². The highest BCUT2D eigenvalue weighted by Gasteiger charge is 2.09. The van der Waals surface area contributed by atoms with Gasteiger partial charge in [0.2, 0.25) is 0 Å². The summed E-state index contributed by atoms with van der Waals surface area (Å²) in [5.74, 6) is 0.890. The summed E-state index contributed by atoms with van der Waals surface area (Å²) in [5, 5.41) is 0. The third-order valence-corrected chi connectivity index (χ3v) is 1.87. The van der Waals surface area contributed by atoms with Gasteiger partial charge in [0.1, 0.15) is 5.76 Å². The lowest BCUT2D eigenvalue weighted by molar-refractivity contribution is -0.125. The van der Waals surface area contributed by atoms with E-state index in [9.17, 15) is 4.79 Å². The van der Waals surface area contributed by atoms with Gasteiger partial charge in [-0.1, -0.05) is 0 Å². The van der Waals surface area contributed by atoms with Crippen molar-refractivity contribution in [2.45, 2.75) is 32.6 Å². The molecular formula is C8H12O2. The molecule has 0 aliphatic heterocycles. The summed E-state index contributed by atoms with van der Waals surface area (Å²) < 4.78 is 4.79. The maximum atomic E-state index is 9.96. The molecular weight excluding hydrogens is 128 g/mol. The van der Waals surface area contributed by atoms with Crippen LogP contribution in [0.2, 0.25) is 0 Å². The maximum Gasteiger partial charge on any atom is 0.298 e. The summed E-state index contributed by atoms with van der Waals surface area (Å²) in [5.41, 5.74) is 1.23. The smallest absolute Gasteiger partial charge is 0.298 e. The normalized spacial score (nSPS) is 18.9. The van der Waals surface area contributed by atoms with Gasteiger partial charge in [0.05, 0.1) is 0 Å². The van der Waals surface area contributed by atoms with Gasteiger partial charge in [-0.25, -0.2) is 0 Å². The van der Waals surface area contributed by atoms with E-state index in [2.05, 4.69) is 0 Å². The molecule has 0 atom stereocenters. The highest BCUT2D eigenvalue weighted by atomic mass is 16.5. The van der Waals surface area contributed by atoms with E-state index in [1.54, 1.807) is 0 Å². The summed E-state index contributed by atoms with van der Waals surface area (Å²) in [6.45, 7) is 2.54. The molecule has 0 saturated heterocycles. The minimum Gasteiger partial charge on any atom is -0.433 e. The van der Waals surface area contributed by atoms with Crippen LogP contribution in [0.4, 0.5) is 0 Å². The minimum absolute atomic E-state index is 0.518. The molecule has 0 fully saturated rings. The molecule has 2 nitrogen and oxygen atoms in total.